The highest BCUT2D eigenvalue weighted by molar-refractivity contribution is 5.77. The Morgan fingerprint density at radius 2 is 2.29 bits per heavy atom. The van der Waals surface area contributed by atoms with Crippen LogP contribution in [0.15, 0.2) is 34.9 Å². The maximum Gasteiger partial charge on any atom is 0.192 e. The van der Waals surface area contributed by atoms with E-state index < -0.39 is 0 Å². The number of nitrogens with one attached hydrogen (secondary N) is 2. The molecule has 1 aromatic carbocycles. The van der Waals surface area contributed by atoms with E-state index in [4.69, 9.17) is 4.42 Å². The van der Waals surface area contributed by atoms with Gasteiger partial charge in [0.15, 0.2) is 11.5 Å². The van der Waals surface area contributed by atoms with Crippen LogP contribution in [0.25, 0.3) is 11.1 Å². The maximum absolute atomic E-state index is 5.42. The van der Waals surface area contributed by atoms with Crippen LogP contribution in [0, 0.1) is 6.92 Å². The lowest BCUT2D eigenvalue weighted by atomic mass is 10.3. The van der Waals surface area contributed by atoms with Crippen molar-refractivity contribution in [3.63, 3.8) is 0 Å². The van der Waals surface area contributed by atoms with Gasteiger partial charge < -0.3 is 9.73 Å². The molecular formula is C12H12N4O. The largest absolute Gasteiger partial charge is 0.441 e. The van der Waals surface area contributed by atoms with Crippen molar-refractivity contribution >= 4 is 16.8 Å². The quantitative estimate of drug-likeness (QED) is 0.722. The van der Waals surface area contributed by atoms with Gasteiger partial charge in [-0.3, -0.25) is 5.10 Å². The van der Waals surface area contributed by atoms with Gasteiger partial charge in [0.1, 0.15) is 5.52 Å². The van der Waals surface area contributed by atoms with Crippen LogP contribution in [0.3, 0.4) is 0 Å². The third-order valence-electron chi connectivity index (χ3n) is 2.54. The van der Waals surface area contributed by atoms with Crippen LogP contribution in [-0.2, 0) is 6.54 Å². The summed E-state index contributed by atoms with van der Waals surface area (Å²) >= 11 is 0. The molecule has 2 aromatic heterocycles. The number of fused-ring (bicyclic) bond motifs is 1. The van der Waals surface area contributed by atoms with Gasteiger partial charge in [-0.05, 0) is 24.3 Å². The summed E-state index contributed by atoms with van der Waals surface area (Å²) < 4.78 is 5.42. The Labute approximate surface area is 97.9 Å². The lowest BCUT2D eigenvalue weighted by Crippen LogP contribution is -1.99. The van der Waals surface area contributed by atoms with Crippen molar-refractivity contribution in [1.82, 2.24) is 15.2 Å². The molecule has 0 unspecified atom stereocenters. The monoisotopic (exact) mass is 228 g/mol. The van der Waals surface area contributed by atoms with E-state index in [-0.39, 0.29) is 0 Å². The first kappa shape index (κ1) is 9.89. The maximum atomic E-state index is 5.42. The summed E-state index contributed by atoms with van der Waals surface area (Å²) in [5.41, 5.74) is 3.74. The van der Waals surface area contributed by atoms with Crippen LogP contribution in [0.5, 0.6) is 0 Å². The Balaban J connectivity index is 1.81. The number of rotatable bonds is 3. The van der Waals surface area contributed by atoms with Gasteiger partial charge in [-0.15, -0.1) is 0 Å². The third kappa shape index (κ3) is 1.99. The molecule has 0 aliphatic heterocycles. The molecule has 5 heteroatoms. The topological polar surface area (TPSA) is 66.7 Å². The molecule has 0 saturated heterocycles. The number of H-pyrrole nitrogens is 1. The van der Waals surface area contributed by atoms with Crippen LogP contribution in [0.1, 0.15) is 11.6 Å². The lowest BCUT2D eigenvalue weighted by Gasteiger charge is -2.03. The zero-order chi connectivity index (χ0) is 11.7. The van der Waals surface area contributed by atoms with Crippen molar-refractivity contribution in [2.75, 3.05) is 5.32 Å². The normalized spacial score (nSPS) is 10.9. The molecule has 2 N–H and O–H groups in total. The fraction of sp³-hybridized carbons (Fsp3) is 0.167. The zero-order valence-corrected chi connectivity index (χ0v) is 9.40. The van der Waals surface area contributed by atoms with Crippen LogP contribution < -0.4 is 5.32 Å². The van der Waals surface area contributed by atoms with Gasteiger partial charge in [-0.1, -0.05) is 0 Å². The van der Waals surface area contributed by atoms with Crippen LogP contribution in [-0.4, -0.2) is 15.2 Å². The molecule has 0 fully saturated rings. The van der Waals surface area contributed by atoms with E-state index in [1.165, 1.54) is 0 Å². The fourth-order valence-corrected chi connectivity index (χ4v) is 1.73. The molecule has 0 saturated carbocycles. The first-order chi connectivity index (χ1) is 8.31. The highest BCUT2D eigenvalue weighted by Gasteiger charge is 2.03. The SMILES string of the molecule is Cc1nc2cc(NCc3ccn[nH]3)ccc2o1. The van der Waals surface area contributed by atoms with Gasteiger partial charge in [-0.25, -0.2) is 4.98 Å². The zero-order valence-electron chi connectivity index (χ0n) is 9.40. The van der Waals surface area contributed by atoms with Crippen molar-refractivity contribution in [3.8, 4) is 0 Å². The Morgan fingerprint density at radius 3 is 3.12 bits per heavy atom. The van der Waals surface area contributed by atoms with Gasteiger partial charge in [0.05, 0.1) is 12.2 Å². The summed E-state index contributed by atoms with van der Waals surface area (Å²) in [5, 5.41) is 10.1. The predicted octanol–water partition coefficient (Wildman–Crippen LogP) is 2.47. The van der Waals surface area contributed by atoms with E-state index in [0.717, 1.165) is 22.5 Å². The van der Waals surface area contributed by atoms with Crippen LogP contribution >= 0.6 is 0 Å². The molecule has 0 spiro atoms. The Bertz CT molecular complexity index is 627. The summed E-state index contributed by atoms with van der Waals surface area (Å²) in [6.45, 7) is 2.56. The predicted molar refractivity (Wildman–Crippen MR) is 64.7 cm³/mol. The minimum Gasteiger partial charge on any atom is -0.441 e. The van der Waals surface area contributed by atoms with Crippen molar-refractivity contribution < 1.29 is 4.42 Å². The molecule has 3 aromatic rings. The Morgan fingerprint density at radius 1 is 1.35 bits per heavy atom. The van der Waals surface area contributed by atoms with Gasteiger partial charge in [-0.2, -0.15) is 5.10 Å². The average molecular weight is 228 g/mol. The summed E-state index contributed by atoms with van der Waals surface area (Å²) in [6, 6.07) is 7.81. The Kier molecular flexibility index (Phi) is 2.29. The minimum atomic E-state index is 0.686. The van der Waals surface area contributed by atoms with E-state index in [9.17, 15) is 0 Å². The fourth-order valence-electron chi connectivity index (χ4n) is 1.73. The van der Waals surface area contributed by atoms with Gasteiger partial charge >= 0.3 is 0 Å². The molecule has 0 atom stereocenters. The number of hydrogen-bond donors (Lipinski definition) is 2. The first-order valence-corrected chi connectivity index (χ1v) is 5.40. The molecule has 0 aliphatic rings. The highest BCUT2D eigenvalue weighted by atomic mass is 16.3. The summed E-state index contributed by atoms with van der Waals surface area (Å²) in [4.78, 5) is 4.29. The Hall–Kier alpha value is -2.30. The molecule has 3 rings (SSSR count). The number of aryl methyl sites for hydroxylation is 1. The standard InChI is InChI=1S/C12H12N4O/c1-8-15-11-6-9(2-3-12(11)17-8)13-7-10-4-5-14-16-10/h2-6,13H,7H2,1H3,(H,14,16). The molecule has 5 nitrogen and oxygen atoms in total. The number of aromatic amines is 1. The highest BCUT2D eigenvalue weighted by Crippen LogP contribution is 2.19. The molecule has 0 radical (unpaired) electrons. The van der Waals surface area contributed by atoms with E-state index >= 15 is 0 Å². The molecule has 86 valence electrons. The van der Waals surface area contributed by atoms with E-state index in [1.54, 1.807) is 6.20 Å². The summed E-state index contributed by atoms with van der Waals surface area (Å²) in [7, 11) is 0. The molecule has 0 bridgehead atoms. The van der Waals surface area contributed by atoms with Gasteiger partial charge in [0.25, 0.3) is 0 Å². The third-order valence-corrected chi connectivity index (χ3v) is 2.54. The van der Waals surface area contributed by atoms with Crippen molar-refractivity contribution in [3.05, 3.63) is 42.0 Å². The van der Waals surface area contributed by atoms with Crippen molar-refractivity contribution in [2.24, 2.45) is 0 Å². The smallest absolute Gasteiger partial charge is 0.192 e. The number of anilines is 1. The molecule has 0 aliphatic carbocycles. The van der Waals surface area contributed by atoms with E-state index in [1.807, 2.05) is 31.2 Å². The second-order valence-electron chi connectivity index (χ2n) is 3.85. The van der Waals surface area contributed by atoms with E-state index in [2.05, 4.69) is 20.5 Å². The van der Waals surface area contributed by atoms with Gasteiger partial charge in [0.2, 0.25) is 0 Å². The number of oxazole rings is 1. The molecule has 17 heavy (non-hydrogen) atoms. The van der Waals surface area contributed by atoms with Crippen LogP contribution in [0.2, 0.25) is 0 Å². The van der Waals surface area contributed by atoms with Crippen molar-refractivity contribution in [2.45, 2.75) is 13.5 Å². The van der Waals surface area contributed by atoms with E-state index in [0.29, 0.717) is 12.4 Å². The second-order valence-corrected chi connectivity index (χ2v) is 3.85. The summed E-state index contributed by atoms with van der Waals surface area (Å²) in [6.07, 6.45) is 1.74. The van der Waals surface area contributed by atoms with Crippen LogP contribution in [0.4, 0.5) is 5.69 Å². The lowest BCUT2D eigenvalue weighted by molar-refractivity contribution is 0.561. The van der Waals surface area contributed by atoms with Crippen molar-refractivity contribution in [1.29, 1.82) is 0 Å². The molecule has 0 amide bonds. The number of benzene rings is 1. The minimum absolute atomic E-state index is 0.686. The molecular weight excluding hydrogens is 216 g/mol. The number of aromatic nitrogens is 3. The average Bonchev–Trinajstić information content (AvgIpc) is 2.92. The first-order valence-electron chi connectivity index (χ1n) is 5.40. The number of nitrogens with zero attached hydrogens (tertiary/aromatic N) is 2. The molecule has 2 heterocycles. The number of hydrogen-bond acceptors (Lipinski definition) is 4. The van der Waals surface area contributed by atoms with Gasteiger partial charge in [0, 0.05) is 18.8 Å². The second kappa shape index (κ2) is 3.93. The summed E-state index contributed by atoms with van der Waals surface area (Å²) in [5.74, 6) is 0.686.